The van der Waals surface area contributed by atoms with Crippen molar-refractivity contribution in [2.24, 2.45) is 0 Å². The third-order valence-electron chi connectivity index (χ3n) is 2.21. The number of nitrogens with zero attached hydrogens (tertiary/aromatic N) is 1. The van der Waals surface area contributed by atoms with Crippen LogP contribution in [0.5, 0.6) is 0 Å². The Hall–Kier alpha value is -1.89. The van der Waals surface area contributed by atoms with E-state index in [0.29, 0.717) is 9.87 Å². The average molecular weight is 270 g/mol. The first kappa shape index (κ1) is 14.2. The summed E-state index contributed by atoms with van der Waals surface area (Å²) in [7, 11) is -3.75. The Bertz CT molecular complexity index is 579. The van der Waals surface area contributed by atoms with Crippen molar-refractivity contribution in [1.29, 1.82) is 0 Å². The van der Waals surface area contributed by atoms with Gasteiger partial charge in [0.05, 0.1) is 24.5 Å². The van der Waals surface area contributed by atoms with Gasteiger partial charge in [0.2, 0.25) is 10.0 Å². The highest BCUT2D eigenvalue weighted by Gasteiger charge is 2.18. The summed E-state index contributed by atoms with van der Waals surface area (Å²) in [5, 5.41) is 10.6. The molecule has 98 valence electrons. The van der Waals surface area contributed by atoms with Crippen LogP contribution in [0.4, 0.5) is 5.69 Å². The molecule has 0 aliphatic carbocycles. The highest BCUT2D eigenvalue weighted by Crippen LogP contribution is 2.19. The molecule has 0 saturated carbocycles. The number of carbonyl (C=O) groups excluding carboxylic acids is 2. The average Bonchev–Trinajstić information content (AvgIpc) is 2.24. The Kier molecular flexibility index (Phi) is 4.07. The van der Waals surface area contributed by atoms with E-state index >= 15 is 0 Å². The lowest BCUT2D eigenvalue weighted by Crippen LogP contribution is -2.41. The van der Waals surface area contributed by atoms with Crippen LogP contribution in [-0.4, -0.2) is 33.0 Å². The van der Waals surface area contributed by atoms with E-state index < -0.39 is 22.5 Å². The smallest absolute Gasteiger partial charge is 0.232 e. The second-order valence-electron chi connectivity index (χ2n) is 3.75. The number of sulfonamides is 1. The maximum absolute atomic E-state index is 11.5. The van der Waals surface area contributed by atoms with E-state index in [2.05, 4.69) is 0 Å². The molecule has 0 fully saturated rings. The maximum Gasteiger partial charge on any atom is 0.232 e. The first-order valence-electron chi connectivity index (χ1n) is 5.00. The number of Topliss-reactive ketones (excluding diaryl/α,β-unsaturated/α-hetero) is 1. The molecule has 0 amide bonds. The minimum atomic E-state index is -3.75. The van der Waals surface area contributed by atoms with E-state index in [4.69, 9.17) is 0 Å². The predicted molar refractivity (Wildman–Crippen MR) is 63.6 cm³/mol. The van der Waals surface area contributed by atoms with E-state index in [1.54, 1.807) is 0 Å². The zero-order valence-electron chi connectivity index (χ0n) is 9.91. The van der Waals surface area contributed by atoms with Crippen LogP contribution in [0.25, 0.3) is 0 Å². The van der Waals surface area contributed by atoms with Crippen LogP contribution in [0.15, 0.2) is 24.3 Å². The van der Waals surface area contributed by atoms with Crippen LogP contribution in [0, 0.1) is 0 Å². The molecule has 0 heterocycles. The fourth-order valence-electron chi connectivity index (χ4n) is 1.40. The molecule has 18 heavy (non-hydrogen) atoms. The number of hydrogen-bond acceptors (Lipinski definition) is 5. The minimum absolute atomic E-state index is 0.120. The van der Waals surface area contributed by atoms with Gasteiger partial charge in [-0.15, -0.1) is 0 Å². The molecule has 1 aromatic carbocycles. The zero-order chi connectivity index (χ0) is 13.9. The quantitative estimate of drug-likeness (QED) is 0.666. The lowest BCUT2D eigenvalue weighted by Gasteiger charge is -2.23. The molecule has 0 spiro atoms. The molecule has 7 heteroatoms. The fraction of sp³-hybridized carbons (Fsp3) is 0.273. The van der Waals surface area contributed by atoms with Gasteiger partial charge in [-0.2, -0.15) is 0 Å². The van der Waals surface area contributed by atoms with Gasteiger partial charge in [-0.3, -0.25) is 9.10 Å². The fourth-order valence-corrected chi connectivity index (χ4v) is 2.23. The monoisotopic (exact) mass is 270 g/mol. The molecule has 0 radical (unpaired) electrons. The van der Waals surface area contributed by atoms with Crippen molar-refractivity contribution in [3.63, 3.8) is 0 Å². The van der Waals surface area contributed by atoms with Gasteiger partial charge < -0.3 is 9.90 Å². The Balaban J connectivity index is 3.25. The number of aliphatic carboxylic acids is 1. The standard InChI is InChI=1S/C11H13NO5S/c1-8(13)9-4-3-5-10(6-9)12(7-11(14)15)18(2,16)17/h3-6H,7H2,1-2H3,(H,14,15)/p-1. The Morgan fingerprint density at radius 3 is 2.39 bits per heavy atom. The van der Waals surface area contributed by atoms with Gasteiger partial charge in [0, 0.05) is 5.56 Å². The van der Waals surface area contributed by atoms with Crippen LogP contribution in [0.3, 0.4) is 0 Å². The number of benzene rings is 1. The number of carboxylic acids is 1. The molecule has 1 rings (SSSR count). The molecular formula is C11H12NO5S-. The van der Waals surface area contributed by atoms with Gasteiger partial charge in [0.25, 0.3) is 0 Å². The van der Waals surface area contributed by atoms with Crippen molar-refractivity contribution in [2.45, 2.75) is 6.92 Å². The summed E-state index contributed by atoms with van der Waals surface area (Å²) in [4.78, 5) is 21.8. The van der Waals surface area contributed by atoms with Gasteiger partial charge in [-0.25, -0.2) is 8.42 Å². The number of rotatable bonds is 5. The Morgan fingerprint density at radius 1 is 1.33 bits per heavy atom. The molecule has 0 saturated heterocycles. The highest BCUT2D eigenvalue weighted by molar-refractivity contribution is 7.92. The molecule has 6 nitrogen and oxygen atoms in total. The molecule has 1 aromatic rings. The van der Waals surface area contributed by atoms with Gasteiger partial charge >= 0.3 is 0 Å². The number of ketones is 1. The number of anilines is 1. The van der Waals surface area contributed by atoms with Crippen LogP contribution in [0.1, 0.15) is 17.3 Å². The van der Waals surface area contributed by atoms with E-state index in [9.17, 15) is 23.1 Å². The van der Waals surface area contributed by atoms with Crippen molar-refractivity contribution >= 4 is 27.5 Å². The van der Waals surface area contributed by atoms with Crippen molar-refractivity contribution in [3.05, 3.63) is 29.8 Å². The summed E-state index contributed by atoms with van der Waals surface area (Å²) in [5.74, 6) is -1.76. The number of hydrogen-bond donors (Lipinski definition) is 0. The van der Waals surface area contributed by atoms with Gasteiger partial charge in [-0.1, -0.05) is 12.1 Å². The normalized spacial score (nSPS) is 11.0. The van der Waals surface area contributed by atoms with Gasteiger partial charge in [0.1, 0.15) is 0 Å². The van der Waals surface area contributed by atoms with Crippen LogP contribution >= 0.6 is 0 Å². The second-order valence-corrected chi connectivity index (χ2v) is 5.65. The van der Waals surface area contributed by atoms with Crippen molar-refractivity contribution < 1.29 is 23.1 Å². The predicted octanol–water partition coefficient (Wildman–Crippen LogP) is -0.595. The summed E-state index contributed by atoms with van der Waals surface area (Å²) in [5.41, 5.74) is 0.425. The lowest BCUT2D eigenvalue weighted by atomic mass is 10.1. The Labute approximate surface area is 105 Å². The topological polar surface area (TPSA) is 94.6 Å². The molecule has 0 N–H and O–H groups in total. The molecule has 0 aromatic heterocycles. The highest BCUT2D eigenvalue weighted by atomic mass is 32.2. The number of carbonyl (C=O) groups is 2. The molecule has 0 aliphatic heterocycles. The summed E-state index contributed by atoms with van der Waals surface area (Å²) in [6, 6.07) is 5.74. The van der Waals surface area contributed by atoms with Gasteiger partial charge in [-0.05, 0) is 19.1 Å². The van der Waals surface area contributed by atoms with Crippen molar-refractivity contribution in [2.75, 3.05) is 17.1 Å². The molecular weight excluding hydrogens is 258 g/mol. The third-order valence-corrected chi connectivity index (χ3v) is 3.35. The zero-order valence-corrected chi connectivity index (χ0v) is 10.7. The minimum Gasteiger partial charge on any atom is -0.548 e. The SMILES string of the molecule is CC(=O)c1cccc(N(CC(=O)[O-])S(C)(=O)=O)c1. The van der Waals surface area contributed by atoms with E-state index in [1.807, 2.05) is 0 Å². The largest absolute Gasteiger partial charge is 0.548 e. The molecule has 0 unspecified atom stereocenters. The molecule has 0 atom stereocenters. The van der Waals surface area contributed by atoms with Crippen LogP contribution in [0.2, 0.25) is 0 Å². The van der Waals surface area contributed by atoms with E-state index in [-0.39, 0.29) is 11.5 Å². The molecule has 0 bridgehead atoms. The molecule has 0 aliphatic rings. The summed E-state index contributed by atoms with van der Waals surface area (Å²) < 4.78 is 23.7. The van der Waals surface area contributed by atoms with Gasteiger partial charge in [0.15, 0.2) is 5.78 Å². The van der Waals surface area contributed by atoms with E-state index in [0.717, 1.165) is 6.26 Å². The first-order chi connectivity index (χ1) is 8.21. The maximum atomic E-state index is 11.5. The number of carboxylic acid groups (broad SMARTS) is 1. The summed E-state index contributed by atoms with van der Waals surface area (Å²) in [6.45, 7) is 0.544. The van der Waals surface area contributed by atoms with Crippen LogP contribution in [-0.2, 0) is 14.8 Å². The van der Waals surface area contributed by atoms with E-state index in [1.165, 1.54) is 31.2 Å². The van der Waals surface area contributed by atoms with Crippen molar-refractivity contribution in [3.8, 4) is 0 Å². The van der Waals surface area contributed by atoms with Crippen molar-refractivity contribution in [1.82, 2.24) is 0 Å². The Morgan fingerprint density at radius 2 is 1.94 bits per heavy atom. The lowest BCUT2D eigenvalue weighted by molar-refractivity contribution is -0.303. The summed E-state index contributed by atoms with van der Waals surface area (Å²) >= 11 is 0. The summed E-state index contributed by atoms with van der Waals surface area (Å²) in [6.07, 6.45) is 0.885. The third kappa shape index (κ3) is 3.56. The first-order valence-corrected chi connectivity index (χ1v) is 6.85. The van der Waals surface area contributed by atoms with Crippen LogP contribution < -0.4 is 9.41 Å². The second kappa shape index (κ2) is 5.18.